The first-order valence-electron chi connectivity index (χ1n) is 0. The van der Waals surface area contributed by atoms with E-state index < -0.39 is 0 Å². The summed E-state index contributed by atoms with van der Waals surface area (Å²) in [6.45, 7) is 0. The van der Waals surface area contributed by atoms with Crippen LogP contribution in [0, 0.1) is 0 Å². The van der Waals surface area contributed by atoms with Gasteiger partial charge in [-0.2, -0.15) is 0 Å². The molecule has 0 N–H and O–H groups in total. The summed E-state index contributed by atoms with van der Waals surface area (Å²) in [7, 11) is 0. The van der Waals surface area contributed by atoms with Gasteiger partial charge >= 0.3 is 0 Å². The van der Waals surface area contributed by atoms with Crippen molar-refractivity contribution < 1.29 is 62.1 Å². The molecule has 0 aliphatic rings. The Kier molecular flexibility index (Phi) is 137. The molecule has 0 atom stereocenters. The fraction of sp³-hybridized carbons (Fsp3) is 0. The van der Waals surface area contributed by atoms with Crippen molar-refractivity contribution in [3.05, 3.63) is 0 Å². The minimum Gasteiger partial charge on any atom is 0 e. The molecule has 0 nitrogen and oxygen atoms in total. The van der Waals surface area contributed by atoms with Crippen LogP contribution in [0.3, 0.4) is 0 Å². The minimum absolute atomic E-state index is 0. The molecular formula is Au2CrGe. The van der Waals surface area contributed by atoms with E-state index in [2.05, 4.69) is 0 Å². The van der Waals surface area contributed by atoms with Crippen LogP contribution in [0.2, 0.25) is 0 Å². The van der Waals surface area contributed by atoms with Crippen LogP contribution in [0.4, 0.5) is 0 Å². The maximum Gasteiger partial charge on any atom is 0 e. The summed E-state index contributed by atoms with van der Waals surface area (Å²) in [5.74, 6) is 0. The van der Waals surface area contributed by atoms with Crippen LogP contribution in [0.1, 0.15) is 0 Å². The van der Waals surface area contributed by atoms with Crippen molar-refractivity contribution in [3.8, 4) is 0 Å². The molecule has 0 aliphatic heterocycles. The third-order valence-electron chi connectivity index (χ3n) is 0. The second-order valence-electron chi connectivity index (χ2n) is 0. The van der Waals surface area contributed by atoms with Gasteiger partial charge in [-0.25, -0.2) is 0 Å². The first-order chi connectivity index (χ1) is 0. The average molecular weight is 519 g/mol. The molecule has 0 aromatic carbocycles. The topological polar surface area (TPSA) is 0 Å². The van der Waals surface area contributed by atoms with Crippen molar-refractivity contribution in [1.82, 2.24) is 0 Å². The average Bonchev–Trinajstić information content (AvgIpc) is 0. The summed E-state index contributed by atoms with van der Waals surface area (Å²) in [5.41, 5.74) is 0. The van der Waals surface area contributed by atoms with Crippen molar-refractivity contribution in [2.24, 2.45) is 0 Å². The van der Waals surface area contributed by atoms with E-state index in [0.717, 1.165) is 0 Å². The molecular weight excluding hydrogens is 519 g/mol. The molecule has 0 aromatic heterocycles. The molecule has 0 spiro atoms. The number of hydrogen-bond donors (Lipinski definition) is 0. The van der Waals surface area contributed by atoms with Gasteiger partial charge in [-0.3, -0.25) is 0 Å². The first-order valence-corrected chi connectivity index (χ1v) is 0. The minimum atomic E-state index is 0. The van der Waals surface area contributed by atoms with Crippen molar-refractivity contribution in [3.63, 3.8) is 0 Å². The summed E-state index contributed by atoms with van der Waals surface area (Å²) in [6, 6.07) is 0. The molecule has 0 fully saturated rings. The maximum atomic E-state index is 0. The van der Waals surface area contributed by atoms with Crippen LogP contribution in [-0.2, 0) is 62.1 Å². The molecule has 0 aliphatic carbocycles. The second kappa shape index (κ2) is 17.7. The van der Waals surface area contributed by atoms with Crippen LogP contribution in [0.15, 0.2) is 0 Å². The molecule has 6 radical (unpaired) electrons. The molecule has 4 heteroatoms. The van der Waals surface area contributed by atoms with Crippen LogP contribution in [-0.4, -0.2) is 17.6 Å². The largest absolute Gasteiger partial charge is 0 e. The molecule has 0 bridgehead atoms. The molecule has 4 heavy (non-hydrogen) atoms. The molecule has 32 valence electrons. The Morgan fingerprint density at radius 2 is 0.750 bits per heavy atom. The zero-order valence-corrected chi connectivity index (χ0v) is 9.22. The van der Waals surface area contributed by atoms with Gasteiger partial charge < -0.3 is 0 Å². The zero-order chi connectivity index (χ0) is 0. The molecule has 0 heterocycles. The Hall–Kier alpha value is 2.56. The van der Waals surface area contributed by atoms with E-state index in [9.17, 15) is 0 Å². The summed E-state index contributed by atoms with van der Waals surface area (Å²) in [5, 5.41) is 0. The number of rotatable bonds is 0. The van der Waals surface area contributed by atoms with Crippen LogP contribution < -0.4 is 0 Å². The fourth-order valence-electron chi connectivity index (χ4n) is 0. The van der Waals surface area contributed by atoms with E-state index in [1.807, 2.05) is 0 Å². The quantitative estimate of drug-likeness (QED) is 0.384. The van der Waals surface area contributed by atoms with E-state index in [1.54, 1.807) is 0 Å². The van der Waals surface area contributed by atoms with Crippen molar-refractivity contribution in [2.75, 3.05) is 0 Å². The fourth-order valence-corrected chi connectivity index (χ4v) is 0. The van der Waals surface area contributed by atoms with Gasteiger partial charge in [0, 0.05) is 79.7 Å². The van der Waals surface area contributed by atoms with Crippen LogP contribution in [0.5, 0.6) is 0 Å². The zero-order valence-electron chi connectivity index (χ0n) is 1.51. The molecule has 0 saturated heterocycles. The van der Waals surface area contributed by atoms with Gasteiger partial charge in [-0.15, -0.1) is 0 Å². The van der Waals surface area contributed by atoms with E-state index in [0.29, 0.717) is 0 Å². The Morgan fingerprint density at radius 1 is 0.750 bits per heavy atom. The molecule has 0 aromatic rings. The van der Waals surface area contributed by atoms with Crippen molar-refractivity contribution in [1.29, 1.82) is 0 Å². The summed E-state index contributed by atoms with van der Waals surface area (Å²) < 4.78 is 0. The van der Waals surface area contributed by atoms with Gasteiger partial charge in [0.25, 0.3) is 0 Å². The van der Waals surface area contributed by atoms with Gasteiger partial charge in [-0.05, 0) is 0 Å². The number of hydrogen-bond acceptors (Lipinski definition) is 0. The Morgan fingerprint density at radius 3 is 0.750 bits per heavy atom. The molecule has 0 amide bonds. The smallest absolute Gasteiger partial charge is 0 e. The Labute approximate surface area is 78.6 Å². The third kappa shape index (κ3) is 8.82. The van der Waals surface area contributed by atoms with E-state index in [1.165, 1.54) is 0 Å². The normalized spacial score (nSPS) is 0. The first kappa shape index (κ1) is 31.0. The maximum absolute atomic E-state index is 0. The van der Waals surface area contributed by atoms with Crippen molar-refractivity contribution >= 4 is 17.6 Å². The van der Waals surface area contributed by atoms with Crippen molar-refractivity contribution in [2.45, 2.75) is 0 Å². The standard InChI is InChI=1S/2Au.Cr.Ge. The van der Waals surface area contributed by atoms with E-state index in [-0.39, 0.29) is 79.7 Å². The molecule has 0 unspecified atom stereocenters. The van der Waals surface area contributed by atoms with Gasteiger partial charge in [0.15, 0.2) is 0 Å². The predicted molar refractivity (Wildman–Crippen MR) is 5.75 cm³/mol. The van der Waals surface area contributed by atoms with Gasteiger partial charge in [0.05, 0.1) is 0 Å². The summed E-state index contributed by atoms with van der Waals surface area (Å²) in [6.07, 6.45) is 0. The molecule has 0 rings (SSSR count). The Bertz CT molecular complexity index is 6.00. The van der Waals surface area contributed by atoms with Crippen LogP contribution in [0.25, 0.3) is 0 Å². The van der Waals surface area contributed by atoms with E-state index >= 15 is 0 Å². The van der Waals surface area contributed by atoms with E-state index in [4.69, 9.17) is 0 Å². The predicted octanol–water partition coefficient (Wildman–Crippen LogP) is -0.388. The monoisotopic (exact) mass is 520 g/mol. The van der Waals surface area contributed by atoms with Crippen LogP contribution >= 0.6 is 0 Å². The Balaban J connectivity index is 0. The van der Waals surface area contributed by atoms with Gasteiger partial charge in [0.1, 0.15) is 0 Å². The van der Waals surface area contributed by atoms with Gasteiger partial charge in [-0.1, -0.05) is 0 Å². The third-order valence-corrected chi connectivity index (χ3v) is 0. The second-order valence-corrected chi connectivity index (χ2v) is 0. The molecule has 0 saturated carbocycles. The van der Waals surface area contributed by atoms with Gasteiger partial charge in [0.2, 0.25) is 0 Å². The summed E-state index contributed by atoms with van der Waals surface area (Å²) in [4.78, 5) is 0. The SMILES string of the molecule is [Au].[Au].[Cr].[Ge]. The summed E-state index contributed by atoms with van der Waals surface area (Å²) >= 11 is 0.